The van der Waals surface area contributed by atoms with Gasteiger partial charge >= 0.3 is 0 Å². The summed E-state index contributed by atoms with van der Waals surface area (Å²) in [6.45, 7) is 2.20. The number of hydrogen-bond donors (Lipinski definition) is 1. The van der Waals surface area contributed by atoms with Gasteiger partial charge in [-0.3, -0.25) is 0 Å². The Balaban J connectivity index is 2.20. The Kier molecular flexibility index (Phi) is 0.845. The molecule has 0 heterocycles. The van der Waals surface area contributed by atoms with Crippen molar-refractivity contribution in [3.63, 3.8) is 0 Å². The standard InChI is InChI=1S/C5H11N/c1-4-2-3-5(4)6/h4-5H,2-3,6H2,1H3/t4?,5-/m1/s1. The molecule has 1 fully saturated rings. The van der Waals surface area contributed by atoms with Gasteiger partial charge in [0.1, 0.15) is 0 Å². The molecule has 0 amide bonds. The van der Waals surface area contributed by atoms with E-state index in [1.54, 1.807) is 0 Å². The van der Waals surface area contributed by atoms with Gasteiger partial charge in [0, 0.05) is 6.04 Å². The fourth-order valence-electron chi connectivity index (χ4n) is 0.692. The van der Waals surface area contributed by atoms with Crippen LogP contribution in [0.5, 0.6) is 0 Å². The molecule has 1 aliphatic carbocycles. The fourth-order valence-corrected chi connectivity index (χ4v) is 0.692. The highest BCUT2D eigenvalue weighted by molar-refractivity contribution is 4.79. The van der Waals surface area contributed by atoms with Crippen molar-refractivity contribution in [3.05, 3.63) is 0 Å². The largest absolute Gasteiger partial charge is 0.327 e. The van der Waals surface area contributed by atoms with Crippen molar-refractivity contribution in [1.29, 1.82) is 0 Å². The first-order valence-electron chi connectivity index (χ1n) is 2.56. The van der Waals surface area contributed by atoms with Gasteiger partial charge in [-0.2, -0.15) is 0 Å². The molecule has 1 aliphatic rings. The van der Waals surface area contributed by atoms with Crippen LogP contribution in [0.2, 0.25) is 0 Å². The van der Waals surface area contributed by atoms with Crippen molar-refractivity contribution in [2.75, 3.05) is 0 Å². The molecule has 36 valence electrons. The van der Waals surface area contributed by atoms with Crippen molar-refractivity contribution in [1.82, 2.24) is 0 Å². The zero-order chi connectivity index (χ0) is 4.57. The summed E-state index contributed by atoms with van der Waals surface area (Å²) in [5.74, 6) is 0.810. The van der Waals surface area contributed by atoms with Crippen molar-refractivity contribution in [3.8, 4) is 0 Å². The summed E-state index contributed by atoms with van der Waals surface area (Å²) in [7, 11) is 0. The van der Waals surface area contributed by atoms with Crippen molar-refractivity contribution < 1.29 is 0 Å². The average Bonchev–Trinajstić information content (AvgIpc) is 1.61. The van der Waals surface area contributed by atoms with E-state index in [0.29, 0.717) is 6.04 Å². The van der Waals surface area contributed by atoms with Gasteiger partial charge in [-0.15, -0.1) is 0 Å². The molecule has 1 unspecified atom stereocenters. The van der Waals surface area contributed by atoms with E-state index in [1.165, 1.54) is 12.8 Å². The highest BCUT2D eigenvalue weighted by atomic mass is 14.7. The lowest BCUT2D eigenvalue weighted by Crippen LogP contribution is -2.37. The minimum atomic E-state index is 0.532. The zero-order valence-corrected chi connectivity index (χ0v) is 4.15. The first-order chi connectivity index (χ1) is 2.80. The van der Waals surface area contributed by atoms with Gasteiger partial charge < -0.3 is 5.73 Å². The monoisotopic (exact) mass is 85.1 g/mol. The third-order valence-electron chi connectivity index (χ3n) is 1.69. The Labute approximate surface area is 38.5 Å². The van der Waals surface area contributed by atoms with Crippen LogP contribution >= 0.6 is 0 Å². The van der Waals surface area contributed by atoms with Crippen molar-refractivity contribution in [2.45, 2.75) is 25.8 Å². The van der Waals surface area contributed by atoms with Crippen LogP contribution < -0.4 is 5.73 Å². The second-order valence-corrected chi connectivity index (χ2v) is 2.22. The van der Waals surface area contributed by atoms with Crippen LogP contribution in [0, 0.1) is 5.92 Å². The lowest BCUT2D eigenvalue weighted by atomic mass is 9.82. The number of nitrogens with two attached hydrogens (primary N) is 1. The van der Waals surface area contributed by atoms with Crippen LogP contribution in [0.15, 0.2) is 0 Å². The van der Waals surface area contributed by atoms with Crippen molar-refractivity contribution in [2.24, 2.45) is 11.7 Å². The summed E-state index contributed by atoms with van der Waals surface area (Å²) >= 11 is 0. The van der Waals surface area contributed by atoms with E-state index in [0.717, 1.165) is 5.92 Å². The molecule has 2 N–H and O–H groups in total. The van der Waals surface area contributed by atoms with E-state index in [2.05, 4.69) is 6.92 Å². The maximum atomic E-state index is 5.52. The molecule has 1 heteroatoms. The topological polar surface area (TPSA) is 26.0 Å². The minimum absolute atomic E-state index is 0.532. The molecule has 0 spiro atoms. The molecule has 0 radical (unpaired) electrons. The van der Waals surface area contributed by atoms with Crippen LogP contribution in [-0.2, 0) is 0 Å². The molecule has 1 rings (SSSR count). The molecular weight excluding hydrogens is 74.1 g/mol. The van der Waals surface area contributed by atoms with Crippen molar-refractivity contribution >= 4 is 0 Å². The van der Waals surface area contributed by atoms with Gasteiger partial charge in [0.25, 0.3) is 0 Å². The van der Waals surface area contributed by atoms with Gasteiger partial charge in [-0.25, -0.2) is 0 Å². The SMILES string of the molecule is CC1CC[C@H]1N. The van der Waals surface area contributed by atoms with Crippen LogP contribution in [0.3, 0.4) is 0 Å². The summed E-state index contributed by atoms with van der Waals surface area (Å²) < 4.78 is 0. The highest BCUT2D eigenvalue weighted by Crippen LogP contribution is 2.23. The van der Waals surface area contributed by atoms with Gasteiger partial charge in [0.2, 0.25) is 0 Å². The molecule has 0 aromatic rings. The first-order valence-corrected chi connectivity index (χ1v) is 2.56. The average molecular weight is 85.2 g/mol. The van der Waals surface area contributed by atoms with E-state index in [-0.39, 0.29) is 0 Å². The second kappa shape index (κ2) is 1.23. The Morgan fingerprint density at radius 1 is 1.50 bits per heavy atom. The Morgan fingerprint density at radius 2 is 2.00 bits per heavy atom. The normalized spacial score (nSPS) is 45.0. The quantitative estimate of drug-likeness (QED) is 0.461. The maximum Gasteiger partial charge on any atom is 0.00646 e. The van der Waals surface area contributed by atoms with Gasteiger partial charge in [0.05, 0.1) is 0 Å². The third kappa shape index (κ3) is 0.432. The van der Waals surface area contributed by atoms with Crippen LogP contribution in [-0.4, -0.2) is 6.04 Å². The summed E-state index contributed by atoms with van der Waals surface area (Å²) in [6.07, 6.45) is 2.60. The van der Waals surface area contributed by atoms with E-state index >= 15 is 0 Å². The molecule has 0 aromatic heterocycles. The van der Waals surface area contributed by atoms with Crippen LogP contribution in [0.4, 0.5) is 0 Å². The Bertz CT molecular complexity index is 43.9. The molecule has 0 bridgehead atoms. The molecule has 1 saturated carbocycles. The smallest absolute Gasteiger partial charge is 0.00646 e. The molecule has 0 aromatic carbocycles. The molecular formula is C5H11N. The van der Waals surface area contributed by atoms with Crippen LogP contribution in [0.1, 0.15) is 19.8 Å². The summed E-state index contributed by atoms with van der Waals surface area (Å²) in [4.78, 5) is 0. The first kappa shape index (κ1) is 4.13. The number of hydrogen-bond acceptors (Lipinski definition) is 1. The summed E-state index contributed by atoms with van der Waals surface area (Å²) in [5, 5.41) is 0. The van der Waals surface area contributed by atoms with E-state index in [9.17, 15) is 0 Å². The molecule has 6 heavy (non-hydrogen) atoms. The Morgan fingerprint density at radius 3 is 2.00 bits per heavy atom. The highest BCUT2D eigenvalue weighted by Gasteiger charge is 2.21. The molecule has 1 nitrogen and oxygen atoms in total. The summed E-state index contributed by atoms with van der Waals surface area (Å²) in [5.41, 5.74) is 5.52. The van der Waals surface area contributed by atoms with E-state index < -0.39 is 0 Å². The third-order valence-corrected chi connectivity index (χ3v) is 1.69. The van der Waals surface area contributed by atoms with Gasteiger partial charge in [-0.1, -0.05) is 6.92 Å². The lowest BCUT2D eigenvalue weighted by molar-refractivity contribution is 0.282. The summed E-state index contributed by atoms with van der Waals surface area (Å²) in [6, 6.07) is 0.532. The molecule has 0 saturated heterocycles. The molecule has 0 aliphatic heterocycles. The molecule has 2 atom stereocenters. The minimum Gasteiger partial charge on any atom is -0.327 e. The predicted octanol–water partition coefficient (Wildman–Crippen LogP) is 0.744. The zero-order valence-electron chi connectivity index (χ0n) is 4.15. The maximum absolute atomic E-state index is 5.52. The fraction of sp³-hybridized carbons (Fsp3) is 1.00. The predicted molar refractivity (Wildman–Crippen MR) is 26.4 cm³/mol. The second-order valence-electron chi connectivity index (χ2n) is 2.22. The van der Waals surface area contributed by atoms with Crippen LogP contribution in [0.25, 0.3) is 0 Å². The van der Waals surface area contributed by atoms with Gasteiger partial charge in [0.15, 0.2) is 0 Å². The number of rotatable bonds is 0. The lowest BCUT2D eigenvalue weighted by Gasteiger charge is -2.29. The van der Waals surface area contributed by atoms with Gasteiger partial charge in [-0.05, 0) is 18.8 Å². The van der Waals surface area contributed by atoms with E-state index in [4.69, 9.17) is 5.73 Å². The van der Waals surface area contributed by atoms with E-state index in [1.807, 2.05) is 0 Å². The Hall–Kier alpha value is -0.0400.